The van der Waals surface area contributed by atoms with Gasteiger partial charge in [-0.25, -0.2) is 4.98 Å². The van der Waals surface area contributed by atoms with E-state index in [1.165, 1.54) is 6.92 Å². The fraction of sp³-hybridized carbons (Fsp3) is 0.111. The van der Waals surface area contributed by atoms with E-state index >= 15 is 0 Å². The lowest BCUT2D eigenvalue weighted by molar-refractivity contribution is 0.101. The van der Waals surface area contributed by atoms with Crippen LogP contribution in [0.1, 0.15) is 17.4 Å². The summed E-state index contributed by atoms with van der Waals surface area (Å²) in [6, 6.07) is 5.64. The smallest absolute Gasteiger partial charge is 0.179 e. The molecule has 13 heavy (non-hydrogen) atoms. The second-order valence-electron chi connectivity index (χ2n) is 2.76. The Bertz CT molecular complexity index is 475. The van der Waals surface area contributed by atoms with Crippen LogP contribution in [0.15, 0.2) is 29.0 Å². The Labute approximate surface area is 83.5 Å². The zero-order chi connectivity index (χ0) is 9.42. The van der Waals surface area contributed by atoms with Crippen LogP contribution in [-0.4, -0.2) is 15.2 Å². The average molecular weight is 239 g/mol. The van der Waals surface area contributed by atoms with Crippen molar-refractivity contribution in [2.24, 2.45) is 0 Å². The maximum absolute atomic E-state index is 11.0. The molecule has 66 valence electrons. The first-order chi connectivity index (χ1) is 6.18. The van der Waals surface area contributed by atoms with Crippen LogP contribution in [0.3, 0.4) is 0 Å². The summed E-state index contributed by atoms with van der Waals surface area (Å²) >= 11 is 3.37. The van der Waals surface area contributed by atoms with Gasteiger partial charge in [0.15, 0.2) is 5.78 Å². The molecule has 0 N–H and O–H groups in total. The minimum Gasteiger partial charge on any atom is -0.293 e. The highest BCUT2D eigenvalue weighted by Gasteiger charge is 2.06. The molecule has 4 heteroatoms. The number of carbonyl (C=O) groups excluding carboxylic acids is 1. The van der Waals surface area contributed by atoms with Crippen molar-refractivity contribution in [2.45, 2.75) is 6.92 Å². The van der Waals surface area contributed by atoms with Crippen molar-refractivity contribution in [1.29, 1.82) is 0 Å². The molecule has 2 aromatic rings. The normalized spacial score (nSPS) is 10.6. The number of pyridine rings is 1. The van der Waals surface area contributed by atoms with E-state index in [0.717, 1.165) is 10.3 Å². The summed E-state index contributed by atoms with van der Waals surface area (Å²) in [7, 11) is 0. The van der Waals surface area contributed by atoms with Gasteiger partial charge in [-0.3, -0.25) is 9.20 Å². The first-order valence-electron chi connectivity index (χ1n) is 3.83. The van der Waals surface area contributed by atoms with E-state index in [1.54, 1.807) is 6.20 Å². The third-order valence-corrected chi connectivity index (χ3v) is 2.45. The molecule has 0 saturated carbocycles. The number of ketones is 1. The topological polar surface area (TPSA) is 34.4 Å². The van der Waals surface area contributed by atoms with Crippen molar-refractivity contribution in [2.75, 3.05) is 0 Å². The van der Waals surface area contributed by atoms with Gasteiger partial charge in [-0.2, -0.15) is 0 Å². The summed E-state index contributed by atoms with van der Waals surface area (Å²) < 4.78 is 2.72. The highest BCUT2D eigenvalue weighted by atomic mass is 79.9. The summed E-state index contributed by atoms with van der Waals surface area (Å²) in [4.78, 5) is 15.2. The highest BCUT2D eigenvalue weighted by Crippen LogP contribution is 2.14. The highest BCUT2D eigenvalue weighted by molar-refractivity contribution is 9.10. The maximum atomic E-state index is 11.0. The van der Waals surface area contributed by atoms with Gasteiger partial charge in [0.05, 0.1) is 4.60 Å². The molecule has 2 heterocycles. The average Bonchev–Trinajstić information content (AvgIpc) is 2.49. The Kier molecular flexibility index (Phi) is 1.92. The number of hydrogen-bond acceptors (Lipinski definition) is 2. The quantitative estimate of drug-likeness (QED) is 0.565. The molecule has 0 atom stereocenters. The third-order valence-electron chi connectivity index (χ3n) is 1.80. The third kappa shape index (κ3) is 1.37. The number of Topliss-reactive ketones (excluding diaryl/α,β-unsaturated/α-hetero) is 1. The number of imidazole rings is 1. The van der Waals surface area contributed by atoms with Gasteiger partial charge in [-0.15, -0.1) is 0 Å². The number of fused-ring (bicyclic) bond motifs is 1. The van der Waals surface area contributed by atoms with Crippen molar-refractivity contribution in [3.8, 4) is 0 Å². The van der Waals surface area contributed by atoms with Crippen LogP contribution in [0.4, 0.5) is 0 Å². The Morgan fingerprint density at radius 3 is 2.92 bits per heavy atom. The Balaban J connectivity index is 2.75. The number of nitrogens with zero attached hydrogens (tertiary/aromatic N) is 2. The van der Waals surface area contributed by atoms with Crippen molar-refractivity contribution in [3.63, 3.8) is 0 Å². The second kappa shape index (κ2) is 2.96. The lowest BCUT2D eigenvalue weighted by Crippen LogP contribution is -1.90. The molecule has 0 aliphatic carbocycles. The zero-order valence-corrected chi connectivity index (χ0v) is 8.58. The summed E-state index contributed by atoms with van der Waals surface area (Å²) in [5.41, 5.74) is 1.27. The largest absolute Gasteiger partial charge is 0.293 e. The maximum Gasteiger partial charge on any atom is 0.179 e. The first kappa shape index (κ1) is 8.44. The molecule has 0 saturated heterocycles. The van der Waals surface area contributed by atoms with E-state index in [0.29, 0.717) is 5.69 Å². The molecule has 3 nitrogen and oxygen atoms in total. The minimum atomic E-state index is -0.0180. The number of carbonyl (C=O) groups is 1. The second-order valence-corrected chi connectivity index (χ2v) is 3.57. The van der Waals surface area contributed by atoms with Gasteiger partial charge in [0, 0.05) is 13.1 Å². The molecular formula is C9H7BrN2O. The molecule has 0 spiro atoms. The van der Waals surface area contributed by atoms with Crippen LogP contribution in [0.2, 0.25) is 0 Å². The van der Waals surface area contributed by atoms with Crippen molar-refractivity contribution in [1.82, 2.24) is 9.38 Å². The standard InChI is InChI=1S/C9H7BrN2O/c1-6(13)7-5-12-8(10)3-2-4-9(12)11-7/h2-5H,1H3. The first-order valence-corrected chi connectivity index (χ1v) is 4.62. The monoisotopic (exact) mass is 238 g/mol. The van der Waals surface area contributed by atoms with Crippen molar-refractivity contribution >= 4 is 27.4 Å². The van der Waals surface area contributed by atoms with Crippen LogP contribution >= 0.6 is 15.9 Å². The number of rotatable bonds is 1. The molecule has 0 radical (unpaired) electrons. The Morgan fingerprint density at radius 2 is 2.31 bits per heavy atom. The molecule has 0 aliphatic rings. The minimum absolute atomic E-state index is 0.0180. The van der Waals surface area contributed by atoms with E-state index in [9.17, 15) is 4.79 Å². The van der Waals surface area contributed by atoms with Crippen molar-refractivity contribution < 1.29 is 4.79 Å². The van der Waals surface area contributed by atoms with Crippen molar-refractivity contribution in [3.05, 3.63) is 34.7 Å². The van der Waals surface area contributed by atoms with E-state index in [-0.39, 0.29) is 5.78 Å². The number of aromatic nitrogens is 2. The van der Waals surface area contributed by atoms with Gasteiger partial charge < -0.3 is 0 Å². The van der Waals surface area contributed by atoms with Gasteiger partial charge in [-0.05, 0) is 28.1 Å². The van der Waals surface area contributed by atoms with Gasteiger partial charge in [-0.1, -0.05) is 6.07 Å². The summed E-state index contributed by atoms with van der Waals surface area (Å²) in [6.07, 6.45) is 1.72. The lowest BCUT2D eigenvalue weighted by Gasteiger charge is -1.93. The van der Waals surface area contributed by atoms with Crippen LogP contribution in [0.5, 0.6) is 0 Å². The molecule has 2 aromatic heterocycles. The van der Waals surface area contributed by atoms with E-state index < -0.39 is 0 Å². The van der Waals surface area contributed by atoms with E-state index in [4.69, 9.17) is 0 Å². The Hall–Kier alpha value is -1.16. The Morgan fingerprint density at radius 1 is 1.54 bits per heavy atom. The SMILES string of the molecule is CC(=O)c1cn2c(Br)cccc2n1. The van der Waals surface area contributed by atoms with E-state index in [1.807, 2.05) is 22.6 Å². The predicted molar refractivity (Wildman–Crippen MR) is 52.9 cm³/mol. The summed E-state index contributed by atoms with van der Waals surface area (Å²) in [5, 5.41) is 0. The number of hydrogen-bond donors (Lipinski definition) is 0. The van der Waals surface area contributed by atoms with Crippen LogP contribution < -0.4 is 0 Å². The fourth-order valence-electron chi connectivity index (χ4n) is 1.15. The van der Waals surface area contributed by atoms with Crippen LogP contribution in [0, 0.1) is 0 Å². The van der Waals surface area contributed by atoms with Gasteiger partial charge in [0.1, 0.15) is 11.3 Å². The summed E-state index contributed by atoms with van der Waals surface area (Å²) in [6.45, 7) is 1.51. The summed E-state index contributed by atoms with van der Waals surface area (Å²) in [5.74, 6) is -0.0180. The van der Waals surface area contributed by atoms with Crippen LogP contribution in [0.25, 0.3) is 5.65 Å². The van der Waals surface area contributed by atoms with Gasteiger partial charge in [0.2, 0.25) is 0 Å². The number of halogens is 1. The van der Waals surface area contributed by atoms with Gasteiger partial charge >= 0.3 is 0 Å². The molecule has 0 aromatic carbocycles. The van der Waals surface area contributed by atoms with E-state index in [2.05, 4.69) is 20.9 Å². The molecule has 0 aliphatic heterocycles. The molecule has 2 rings (SSSR count). The molecule has 0 bridgehead atoms. The van der Waals surface area contributed by atoms with Gasteiger partial charge in [0.25, 0.3) is 0 Å². The molecule has 0 unspecified atom stereocenters. The fourth-order valence-corrected chi connectivity index (χ4v) is 1.58. The predicted octanol–water partition coefficient (Wildman–Crippen LogP) is 2.30. The molecular weight excluding hydrogens is 232 g/mol. The lowest BCUT2D eigenvalue weighted by atomic mass is 10.3. The molecule has 0 fully saturated rings. The molecule has 0 amide bonds. The van der Waals surface area contributed by atoms with Crippen LogP contribution in [-0.2, 0) is 0 Å². The zero-order valence-electron chi connectivity index (χ0n) is 6.99.